The number of likely N-dealkylation sites (N-methyl/N-ethyl adjacent to an activating group) is 1. The smallest absolute Gasteiger partial charge is 0.322 e. The van der Waals surface area contributed by atoms with Crippen molar-refractivity contribution >= 4 is 17.8 Å². The molecule has 4 amide bonds. The van der Waals surface area contributed by atoms with Crippen LogP contribution in [-0.2, 0) is 16.1 Å². The number of carbonyl (C=O) groups excluding carboxylic acids is 3. The average Bonchev–Trinajstić information content (AvgIpc) is 3.52. The molecule has 5 rings (SSSR count). The molecule has 1 aromatic heterocycles. The summed E-state index contributed by atoms with van der Waals surface area (Å²) in [6.45, 7) is 4.63. The number of benzene rings is 2. The summed E-state index contributed by atoms with van der Waals surface area (Å²) in [7, 11) is 0. The molecule has 0 aliphatic carbocycles. The van der Waals surface area contributed by atoms with E-state index in [2.05, 4.69) is 10.6 Å². The minimum absolute atomic E-state index is 0.158. The molecule has 0 spiro atoms. The number of nitrogens with one attached hydrogen (secondary N) is 2. The van der Waals surface area contributed by atoms with Gasteiger partial charge in [0.25, 0.3) is 5.91 Å². The van der Waals surface area contributed by atoms with E-state index in [1.54, 1.807) is 28.2 Å². The Kier molecular flexibility index (Phi) is 6.33. The Bertz CT molecular complexity index is 1300. The first-order chi connectivity index (χ1) is 17.5. The van der Waals surface area contributed by atoms with Gasteiger partial charge in [-0.05, 0) is 37.1 Å². The van der Waals surface area contributed by atoms with Gasteiger partial charge >= 0.3 is 6.03 Å². The quantitative estimate of drug-likeness (QED) is 0.533. The summed E-state index contributed by atoms with van der Waals surface area (Å²) in [6, 6.07) is 18.8. The summed E-state index contributed by atoms with van der Waals surface area (Å²) in [5.74, 6) is 0.0303. The maximum atomic E-state index is 14.0. The van der Waals surface area contributed by atoms with Gasteiger partial charge in [-0.1, -0.05) is 60.2 Å². The van der Waals surface area contributed by atoms with Gasteiger partial charge in [0.2, 0.25) is 5.91 Å². The van der Waals surface area contributed by atoms with Crippen molar-refractivity contribution < 1.29 is 18.8 Å². The van der Waals surface area contributed by atoms with E-state index in [-0.39, 0.29) is 30.9 Å². The maximum Gasteiger partial charge on any atom is 0.322 e. The molecule has 0 unspecified atom stereocenters. The van der Waals surface area contributed by atoms with Crippen LogP contribution < -0.4 is 10.6 Å². The number of aryl methyl sites for hydroxylation is 1. The number of nitrogens with zero attached hydrogens (tertiary/aromatic N) is 2. The summed E-state index contributed by atoms with van der Waals surface area (Å²) in [4.78, 5) is 43.7. The topological polar surface area (TPSA) is 94.9 Å². The molecule has 3 heterocycles. The average molecular weight is 485 g/mol. The van der Waals surface area contributed by atoms with E-state index in [4.69, 9.17) is 4.42 Å². The molecule has 36 heavy (non-hydrogen) atoms. The SMILES string of the molecule is CCN1C(=O)N[C@H](c2ccc(C)cc2)C2=C1CN([C@@H](C(=O)NCc1ccco1)c1ccccc1)C2=O. The van der Waals surface area contributed by atoms with Crippen molar-refractivity contribution in [1.29, 1.82) is 0 Å². The van der Waals surface area contributed by atoms with Gasteiger partial charge in [0.15, 0.2) is 0 Å². The fourth-order valence-electron chi connectivity index (χ4n) is 4.86. The molecule has 0 saturated carbocycles. The second-order valence-electron chi connectivity index (χ2n) is 8.94. The third kappa shape index (κ3) is 4.26. The van der Waals surface area contributed by atoms with Crippen LogP contribution in [0.25, 0.3) is 0 Å². The minimum Gasteiger partial charge on any atom is -0.467 e. The highest BCUT2D eigenvalue weighted by atomic mass is 16.3. The molecule has 0 saturated heterocycles. The van der Waals surface area contributed by atoms with Gasteiger partial charge in [0.05, 0.1) is 36.7 Å². The number of amides is 4. The lowest BCUT2D eigenvalue weighted by molar-refractivity contribution is -0.136. The van der Waals surface area contributed by atoms with Gasteiger partial charge in [-0.25, -0.2) is 4.79 Å². The Balaban J connectivity index is 1.51. The first-order valence-electron chi connectivity index (χ1n) is 12.0. The number of hydrogen-bond donors (Lipinski definition) is 2. The van der Waals surface area contributed by atoms with Crippen molar-refractivity contribution in [3.63, 3.8) is 0 Å². The number of urea groups is 1. The summed E-state index contributed by atoms with van der Waals surface area (Å²) in [6.07, 6.45) is 1.55. The van der Waals surface area contributed by atoms with Gasteiger partial charge < -0.3 is 20.0 Å². The monoisotopic (exact) mass is 484 g/mol. The van der Waals surface area contributed by atoms with Crippen molar-refractivity contribution in [2.24, 2.45) is 0 Å². The zero-order valence-electron chi connectivity index (χ0n) is 20.2. The molecule has 2 aliphatic rings. The van der Waals surface area contributed by atoms with Crippen molar-refractivity contribution in [2.45, 2.75) is 32.5 Å². The Hall–Kier alpha value is -4.33. The van der Waals surface area contributed by atoms with Crippen LogP contribution >= 0.6 is 0 Å². The van der Waals surface area contributed by atoms with Crippen molar-refractivity contribution in [1.82, 2.24) is 20.4 Å². The normalized spacial score (nSPS) is 18.2. The van der Waals surface area contributed by atoms with Gasteiger partial charge in [0, 0.05) is 6.54 Å². The molecule has 2 N–H and O–H groups in total. The van der Waals surface area contributed by atoms with E-state index in [1.807, 2.05) is 68.4 Å². The lowest BCUT2D eigenvalue weighted by Gasteiger charge is -2.33. The van der Waals surface area contributed by atoms with E-state index in [0.717, 1.165) is 11.1 Å². The van der Waals surface area contributed by atoms with Gasteiger partial charge in [-0.3, -0.25) is 14.5 Å². The lowest BCUT2D eigenvalue weighted by Crippen LogP contribution is -2.47. The summed E-state index contributed by atoms with van der Waals surface area (Å²) >= 11 is 0. The van der Waals surface area contributed by atoms with Crippen LogP contribution in [0.4, 0.5) is 4.79 Å². The molecule has 2 aromatic carbocycles. The third-order valence-corrected chi connectivity index (χ3v) is 6.67. The fraction of sp³-hybridized carbons (Fsp3) is 0.250. The van der Waals surface area contributed by atoms with E-state index >= 15 is 0 Å². The zero-order valence-corrected chi connectivity index (χ0v) is 20.2. The van der Waals surface area contributed by atoms with Crippen LogP contribution in [0.5, 0.6) is 0 Å². The van der Waals surface area contributed by atoms with Crippen molar-refractivity contribution in [3.05, 3.63) is 107 Å². The molecule has 2 aliphatic heterocycles. The van der Waals surface area contributed by atoms with E-state index < -0.39 is 12.1 Å². The largest absolute Gasteiger partial charge is 0.467 e. The summed E-state index contributed by atoms with van der Waals surface area (Å²) in [5, 5.41) is 5.90. The number of carbonyl (C=O) groups is 3. The molecule has 0 radical (unpaired) electrons. The van der Waals surface area contributed by atoms with E-state index in [1.165, 1.54) is 0 Å². The Morgan fingerprint density at radius 2 is 1.83 bits per heavy atom. The molecular formula is C28H28N4O4. The highest BCUT2D eigenvalue weighted by Crippen LogP contribution is 2.39. The van der Waals surface area contributed by atoms with Crippen LogP contribution in [0.1, 0.15) is 41.5 Å². The maximum absolute atomic E-state index is 14.0. The highest BCUT2D eigenvalue weighted by Gasteiger charge is 2.47. The second kappa shape index (κ2) is 9.73. The third-order valence-electron chi connectivity index (χ3n) is 6.67. The zero-order chi connectivity index (χ0) is 25.2. The Morgan fingerprint density at radius 3 is 2.50 bits per heavy atom. The molecule has 0 bridgehead atoms. The first-order valence-corrected chi connectivity index (χ1v) is 12.0. The second-order valence-corrected chi connectivity index (χ2v) is 8.94. The number of furan rings is 1. The van der Waals surface area contributed by atoms with Gasteiger partial charge in [0.1, 0.15) is 11.8 Å². The molecule has 8 nitrogen and oxygen atoms in total. The van der Waals surface area contributed by atoms with E-state index in [9.17, 15) is 14.4 Å². The van der Waals surface area contributed by atoms with Crippen LogP contribution in [0.15, 0.2) is 88.7 Å². The van der Waals surface area contributed by atoms with Crippen LogP contribution in [0.2, 0.25) is 0 Å². The summed E-state index contributed by atoms with van der Waals surface area (Å²) < 4.78 is 5.35. The van der Waals surface area contributed by atoms with Crippen LogP contribution in [-0.4, -0.2) is 40.7 Å². The van der Waals surface area contributed by atoms with Gasteiger partial charge in [-0.2, -0.15) is 0 Å². The predicted molar refractivity (Wildman–Crippen MR) is 133 cm³/mol. The molecular weight excluding hydrogens is 456 g/mol. The van der Waals surface area contributed by atoms with Crippen LogP contribution in [0, 0.1) is 6.92 Å². The minimum atomic E-state index is -0.869. The number of rotatable bonds is 7. The Morgan fingerprint density at radius 1 is 1.08 bits per heavy atom. The van der Waals surface area contributed by atoms with Crippen LogP contribution in [0.3, 0.4) is 0 Å². The fourth-order valence-corrected chi connectivity index (χ4v) is 4.86. The highest BCUT2D eigenvalue weighted by molar-refractivity contribution is 6.03. The molecule has 8 heteroatoms. The molecule has 3 aromatic rings. The predicted octanol–water partition coefficient (Wildman–Crippen LogP) is 3.83. The van der Waals surface area contributed by atoms with E-state index in [0.29, 0.717) is 29.1 Å². The van der Waals surface area contributed by atoms with Crippen molar-refractivity contribution in [2.75, 3.05) is 13.1 Å². The molecule has 0 fully saturated rings. The standard InChI is InChI=1S/C28H28N4O4/c1-3-31-22-17-32(27(34)23(22)24(30-28(31)35)19-13-11-18(2)12-14-19)25(20-8-5-4-6-9-20)26(33)29-16-21-10-7-15-36-21/h4-15,24-25H,3,16-17H2,1-2H3,(H,29,33)(H,30,35)/t24-,25-/m1/s1. The molecule has 2 atom stereocenters. The Labute approximate surface area is 209 Å². The lowest BCUT2D eigenvalue weighted by atomic mass is 9.95. The van der Waals surface area contributed by atoms with Crippen molar-refractivity contribution in [3.8, 4) is 0 Å². The molecule has 184 valence electrons. The first kappa shape index (κ1) is 23.4. The van der Waals surface area contributed by atoms with Gasteiger partial charge in [-0.15, -0.1) is 0 Å². The summed E-state index contributed by atoms with van der Waals surface area (Å²) in [5.41, 5.74) is 3.74. The number of hydrogen-bond acceptors (Lipinski definition) is 4.